The molecule has 1 amide bonds. The van der Waals surface area contributed by atoms with Gasteiger partial charge in [-0.05, 0) is 5.92 Å². The molecule has 1 unspecified atom stereocenters. The second-order valence-corrected chi connectivity index (χ2v) is 5.88. The number of hydrogen-bond acceptors (Lipinski definition) is 3. The first-order valence-corrected chi connectivity index (χ1v) is 6.06. The number of alkyl halides is 1. The lowest BCUT2D eigenvalue weighted by Gasteiger charge is -2.13. The Kier molecular flexibility index (Phi) is 4.20. The Morgan fingerprint density at radius 1 is 1.47 bits per heavy atom. The molecule has 0 aromatic carbocycles. The third kappa shape index (κ3) is 3.73. The van der Waals surface area contributed by atoms with Crippen molar-refractivity contribution in [2.24, 2.45) is 5.92 Å². The number of halogens is 1. The third-order valence-electron chi connectivity index (χ3n) is 2.31. The monoisotopic (exact) mass is 258 g/mol. The van der Waals surface area contributed by atoms with Crippen LogP contribution in [0.25, 0.3) is 0 Å². The number of rotatable bonds is 3. The van der Waals surface area contributed by atoms with Gasteiger partial charge in [-0.1, -0.05) is 34.6 Å². The van der Waals surface area contributed by atoms with Crippen LogP contribution in [0.15, 0.2) is 10.6 Å². The Morgan fingerprint density at radius 3 is 2.47 bits per heavy atom. The molecule has 0 saturated heterocycles. The van der Waals surface area contributed by atoms with E-state index in [2.05, 4.69) is 10.3 Å². The second-order valence-electron chi connectivity index (χ2n) is 5.41. The van der Waals surface area contributed by atoms with E-state index in [0.717, 1.165) is 5.76 Å². The number of nitrogens with one attached hydrogen (secondary N) is 1. The van der Waals surface area contributed by atoms with Gasteiger partial charge < -0.3 is 4.42 Å². The van der Waals surface area contributed by atoms with Crippen molar-refractivity contribution in [3.63, 3.8) is 0 Å². The molecule has 1 atom stereocenters. The summed E-state index contributed by atoms with van der Waals surface area (Å²) in [6.07, 6.45) is 1.62. The average molecular weight is 259 g/mol. The minimum Gasteiger partial charge on any atom is -0.428 e. The fraction of sp³-hybridized carbons (Fsp3) is 0.667. The second kappa shape index (κ2) is 5.08. The van der Waals surface area contributed by atoms with Crippen molar-refractivity contribution in [2.45, 2.75) is 45.4 Å². The van der Waals surface area contributed by atoms with Gasteiger partial charge >= 0.3 is 6.01 Å². The number of carbonyl (C=O) groups is 1. The molecule has 0 spiro atoms. The Labute approximate surface area is 107 Å². The lowest BCUT2D eigenvalue weighted by molar-refractivity contribution is -0.116. The highest BCUT2D eigenvalue weighted by Gasteiger charge is 2.23. The zero-order valence-electron chi connectivity index (χ0n) is 10.9. The number of oxazole rings is 1. The number of anilines is 1. The molecule has 1 aromatic rings. The van der Waals surface area contributed by atoms with Crippen molar-refractivity contribution >= 4 is 23.5 Å². The van der Waals surface area contributed by atoms with Crippen molar-refractivity contribution < 1.29 is 9.21 Å². The molecular formula is C12H19ClN2O2. The highest BCUT2D eigenvalue weighted by molar-refractivity contribution is 6.32. The fourth-order valence-electron chi connectivity index (χ4n) is 1.16. The minimum absolute atomic E-state index is 0.0636. The molecule has 0 radical (unpaired) electrons. The van der Waals surface area contributed by atoms with Gasteiger partial charge in [0.05, 0.1) is 6.20 Å². The fourth-order valence-corrected chi connectivity index (χ4v) is 1.21. The summed E-state index contributed by atoms with van der Waals surface area (Å²) in [6, 6.07) is 0.200. The third-order valence-corrected chi connectivity index (χ3v) is 3.01. The largest absolute Gasteiger partial charge is 0.428 e. The molecule has 4 nitrogen and oxygen atoms in total. The Bertz CT molecular complexity index is 393. The van der Waals surface area contributed by atoms with Crippen LogP contribution < -0.4 is 5.32 Å². The molecule has 17 heavy (non-hydrogen) atoms. The van der Waals surface area contributed by atoms with Gasteiger partial charge in [-0.25, -0.2) is 4.98 Å². The Hall–Kier alpha value is -1.03. The minimum atomic E-state index is -0.583. The lowest BCUT2D eigenvalue weighted by atomic mass is 9.94. The van der Waals surface area contributed by atoms with E-state index in [1.165, 1.54) is 0 Å². The Morgan fingerprint density at radius 2 is 2.06 bits per heavy atom. The van der Waals surface area contributed by atoms with Crippen molar-refractivity contribution in [3.05, 3.63) is 12.0 Å². The summed E-state index contributed by atoms with van der Waals surface area (Å²) < 4.78 is 5.45. The molecule has 0 bridgehead atoms. The van der Waals surface area contributed by atoms with Crippen molar-refractivity contribution in [1.29, 1.82) is 0 Å². The maximum absolute atomic E-state index is 11.7. The molecule has 1 aromatic heterocycles. The molecule has 0 fully saturated rings. The van der Waals surface area contributed by atoms with E-state index >= 15 is 0 Å². The quantitative estimate of drug-likeness (QED) is 0.848. The van der Waals surface area contributed by atoms with E-state index in [1.807, 2.05) is 34.6 Å². The highest BCUT2D eigenvalue weighted by Crippen LogP contribution is 2.24. The highest BCUT2D eigenvalue weighted by atomic mass is 35.5. The number of amides is 1. The van der Waals surface area contributed by atoms with E-state index in [1.54, 1.807) is 6.20 Å². The van der Waals surface area contributed by atoms with Crippen LogP contribution in [-0.2, 0) is 10.2 Å². The number of hydrogen-bond donors (Lipinski definition) is 1. The van der Waals surface area contributed by atoms with Gasteiger partial charge in [0.25, 0.3) is 0 Å². The van der Waals surface area contributed by atoms with Gasteiger partial charge in [0.1, 0.15) is 11.1 Å². The zero-order chi connectivity index (χ0) is 13.2. The van der Waals surface area contributed by atoms with Crippen LogP contribution >= 0.6 is 11.6 Å². The standard InChI is InChI=1S/C12H19ClN2O2/c1-7(2)9(13)10(16)15-11-14-6-8(17-11)12(3,4)5/h6-7,9H,1-5H3,(H,14,15,16). The predicted octanol–water partition coefficient (Wildman–Crippen LogP) is 3.17. The van der Waals surface area contributed by atoms with Crippen molar-refractivity contribution in [1.82, 2.24) is 4.98 Å². The first-order chi connectivity index (χ1) is 7.71. The van der Waals surface area contributed by atoms with Gasteiger partial charge in [-0.15, -0.1) is 11.6 Å². The van der Waals surface area contributed by atoms with Crippen LogP contribution in [0.2, 0.25) is 0 Å². The van der Waals surface area contributed by atoms with E-state index in [4.69, 9.17) is 16.0 Å². The van der Waals surface area contributed by atoms with Crippen LogP contribution in [-0.4, -0.2) is 16.3 Å². The summed E-state index contributed by atoms with van der Waals surface area (Å²) in [5.41, 5.74) is -0.131. The van der Waals surface area contributed by atoms with Crippen LogP contribution in [0.4, 0.5) is 6.01 Å². The lowest BCUT2D eigenvalue weighted by Crippen LogP contribution is -2.27. The normalized spacial score (nSPS) is 13.8. The first-order valence-electron chi connectivity index (χ1n) is 5.63. The first kappa shape index (κ1) is 14.0. The summed E-state index contributed by atoms with van der Waals surface area (Å²) >= 11 is 5.93. The maximum Gasteiger partial charge on any atom is 0.301 e. The molecule has 1 heterocycles. The van der Waals surface area contributed by atoms with Crippen molar-refractivity contribution in [2.75, 3.05) is 5.32 Å². The number of aromatic nitrogens is 1. The van der Waals surface area contributed by atoms with Crippen LogP contribution in [0.3, 0.4) is 0 Å². The van der Waals surface area contributed by atoms with Crippen LogP contribution in [0, 0.1) is 5.92 Å². The topological polar surface area (TPSA) is 55.1 Å². The van der Waals surface area contributed by atoms with Gasteiger partial charge in [-0.2, -0.15) is 0 Å². The van der Waals surface area contributed by atoms with Crippen LogP contribution in [0.1, 0.15) is 40.4 Å². The number of nitrogens with zero attached hydrogens (tertiary/aromatic N) is 1. The molecule has 0 aliphatic carbocycles. The summed E-state index contributed by atoms with van der Waals surface area (Å²) in [5, 5.41) is 1.98. The Balaban J connectivity index is 2.71. The van der Waals surface area contributed by atoms with E-state index in [-0.39, 0.29) is 23.3 Å². The summed E-state index contributed by atoms with van der Waals surface area (Å²) in [5.74, 6) is 0.501. The van der Waals surface area contributed by atoms with E-state index in [0.29, 0.717) is 0 Å². The molecule has 1 rings (SSSR count). The van der Waals surface area contributed by atoms with E-state index < -0.39 is 5.38 Å². The molecule has 0 saturated carbocycles. The molecule has 0 aliphatic heterocycles. The van der Waals surface area contributed by atoms with Crippen LogP contribution in [0.5, 0.6) is 0 Å². The SMILES string of the molecule is CC(C)C(Cl)C(=O)Nc1ncc(C(C)(C)C)o1. The summed E-state index contributed by atoms with van der Waals surface area (Å²) in [4.78, 5) is 15.7. The van der Waals surface area contributed by atoms with Gasteiger partial charge in [0, 0.05) is 5.41 Å². The van der Waals surface area contributed by atoms with Gasteiger partial charge in [0.15, 0.2) is 0 Å². The zero-order valence-corrected chi connectivity index (χ0v) is 11.6. The van der Waals surface area contributed by atoms with Crippen molar-refractivity contribution in [3.8, 4) is 0 Å². The number of carbonyl (C=O) groups excluding carboxylic acids is 1. The van der Waals surface area contributed by atoms with E-state index in [9.17, 15) is 4.79 Å². The van der Waals surface area contributed by atoms with Gasteiger partial charge in [-0.3, -0.25) is 10.1 Å². The summed E-state index contributed by atoms with van der Waals surface area (Å²) in [6.45, 7) is 9.80. The average Bonchev–Trinajstić information content (AvgIpc) is 2.64. The smallest absolute Gasteiger partial charge is 0.301 e. The molecular weight excluding hydrogens is 240 g/mol. The molecule has 96 valence electrons. The van der Waals surface area contributed by atoms with Gasteiger partial charge in [0.2, 0.25) is 5.91 Å². The molecule has 0 aliphatic rings. The molecule has 1 N–H and O–H groups in total. The molecule has 5 heteroatoms. The maximum atomic E-state index is 11.7. The summed E-state index contributed by atoms with van der Waals surface area (Å²) in [7, 11) is 0. The predicted molar refractivity (Wildman–Crippen MR) is 68.3 cm³/mol.